The zero-order valence-electron chi connectivity index (χ0n) is 23.1. The molecule has 2 aromatic heterocycles. The van der Waals surface area contributed by atoms with Gasteiger partial charge in [-0.1, -0.05) is 35.3 Å². The summed E-state index contributed by atoms with van der Waals surface area (Å²) >= 11 is 12.6. The van der Waals surface area contributed by atoms with Crippen molar-refractivity contribution in [2.75, 3.05) is 24.0 Å². The Morgan fingerprint density at radius 1 is 0.976 bits per heavy atom. The van der Waals surface area contributed by atoms with Crippen molar-refractivity contribution in [1.29, 1.82) is 0 Å². The number of halogens is 2. The Morgan fingerprint density at radius 3 is 2.34 bits per heavy atom. The van der Waals surface area contributed by atoms with E-state index >= 15 is 0 Å². The molecule has 0 aliphatic carbocycles. The van der Waals surface area contributed by atoms with Gasteiger partial charge in [-0.3, -0.25) is 19.3 Å². The summed E-state index contributed by atoms with van der Waals surface area (Å²) < 4.78 is 9.13. The first kappa shape index (κ1) is 27.1. The van der Waals surface area contributed by atoms with E-state index in [4.69, 9.17) is 32.9 Å². The van der Waals surface area contributed by atoms with Crippen molar-refractivity contribution in [3.05, 3.63) is 91.6 Å². The third-order valence-electron chi connectivity index (χ3n) is 7.70. The number of nitrogens with zero attached hydrogens (tertiary/aromatic N) is 5. The van der Waals surface area contributed by atoms with Crippen LogP contribution in [0.25, 0.3) is 11.4 Å². The van der Waals surface area contributed by atoms with Crippen molar-refractivity contribution in [3.8, 4) is 17.1 Å². The molecule has 6 rings (SSSR count). The van der Waals surface area contributed by atoms with Gasteiger partial charge in [0.15, 0.2) is 5.69 Å². The van der Waals surface area contributed by atoms with E-state index in [1.54, 1.807) is 38.2 Å². The van der Waals surface area contributed by atoms with Gasteiger partial charge in [0.2, 0.25) is 5.91 Å². The highest BCUT2D eigenvalue weighted by Gasteiger charge is 2.46. The van der Waals surface area contributed by atoms with E-state index in [9.17, 15) is 14.4 Å². The van der Waals surface area contributed by atoms with Crippen LogP contribution >= 0.6 is 23.2 Å². The Kier molecular flexibility index (Phi) is 6.47. The average molecular weight is 592 g/mol. The monoisotopic (exact) mass is 591 g/mol. The van der Waals surface area contributed by atoms with Gasteiger partial charge < -0.3 is 18.8 Å². The largest absolute Gasteiger partial charge is 0.496 e. The lowest BCUT2D eigenvalue weighted by atomic mass is 10.0. The van der Waals surface area contributed by atoms with Crippen LogP contribution in [-0.4, -0.2) is 40.1 Å². The topological polar surface area (TPSA) is 89.7 Å². The number of amides is 2. The molecule has 0 spiro atoms. The number of likely N-dealkylation sites (N-methyl/N-ethyl adjacent to an activating group) is 1. The molecule has 2 aliphatic rings. The lowest BCUT2D eigenvalue weighted by Gasteiger charge is -2.28. The quantitative estimate of drug-likeness (QED) is 0.309. The van der Waals surface area contributed by atoms with Crippen LogP contribution < -0.4 is 20.1 Å². The molecular formula is C30H27Cl2N5O4. The smallest absolute Gasteiger partial charge is 0.279 e. The van der Waals surface area contributed by atoms with Crippen molar-refractivity contribution in [2.24, 2.45) is 7.05 Å². The number of rotatable bonds is 5. The van der Waals surface area contributed by atoms with Gasteiger partial charge in [0.25, 0.3) is 11.5 Å². The molecule has 9 nitrogen and oxygen atoms in total. The van der Waals surface area contributed by atoms with Crippen LogP contribution in [0.1, 0.15) is 53.2 Å². The highest BCUT2D eigenvalue weighted by molar-refractivity contribution is 6.31. The molecule has 41 heavy (non-hydrogen) atoms. The lowest BCUT2D eigenvalue weighted by Crippen LogP contribution is -2.36. The van der Waals surface area contributed by atoms with E-state index in [0.717, 1.165) is 16.8 Å². The Balaban J connectivity index is 1.63. The van der Waals surface area contributed by atoms with Crippen molar-refractivity contribution in [1.82, 2.24) is 14.1 Å². The summed E-state index contributed by atoms with van der Waals surface area (Å²) in [5.74, 6) is 0.644. The molecule has 1 atom stereocenters. The summed E-state index contributed by atoms with van der Waals surface area (Å²) in [5, 5.41) is 0.869. The number of ether oxygens (including phenoxy) is 1. The zero-order valence-corrected chi connectivity index (χ0v) is 24.6. The van der Waals surface area contributed by atoms with Crippen molar-refractivity contribution in [2.45, 2.75) is 32.4 Å². The molecule has 4 aromatic rings. The van der Waals surface area contributed by atoms with Gasteiger partial charge in [0, 0.05) is 37.4 Å². The first-order valence-corrected chi connectivity index (χ1v) is 13.8. The third kappa shape index (κ3) is 4.14. The molecule has 2 aliphatic heterocycles. The number of fused-ring (bicyclic) bond motifs is 2. The Bertz CT molecular complexity index is 1810. The summed E-state index contributed by atoms with van der Waals surface area (Å²) in [5.41, 5.74) is 3.72. The van der Waals surface area contributed by atoms with Crippen LogP contribution in [0.3, 0.4) is 0 Å². The number of carbonyl (C=O) groups is 2. The predicted molar refractivity (Wildman–Crippen MR) is 159 cm³/mol. The van der Waals surface area contributed by atoms with Crippen molar-refractivity contribution < 1.29 is 14.3 Å². The van der Waals surface area contributed by atoms with Gasteiger partial charge >= 0.3 is 0 Å². The molecule has 2 amide bonds. The SMILES string of the molecule is COc1cc2c(cc1-c1nc3c(n1C(C)C)C(c1ccc(Cl)cc1)N(c1cc(Cl)cn(C)c1=O)C3=O)CC(=O)N2C. The van der Waals surface area contributed by atoms with Crippen LogP contribution in [0.2, 0.25) is 10.0 Å². The second-order valence-corrected chi connectivity index (χ2v) is 11.4. The number of aryl methyl sites for hydroxylation is 1. The van der Waals surface area contributed by atoms with E-state index in [1.807, 2.05) is 42.7 Å². The standard InChI is InChI=1S/C30H27Cl2N5O4/c1-15(2)36-27-25(33-28(36)20-10-17-11-24(38)35(4)21(17)13-23(20)41-5)30(40)37(22-12-19(32)14-34(3)29(22)39)26(27)16-6-8-18(31)9-7-16/h6-10,12-15,26H,11H2,1-5H3. The minimum absolute atomic E-state index is 0.00868. The number of benzene rings is 2. The van der Waals surface area contributed by atoms with Crippen LogP contribution in [0.4, 0.5) is 11.4 Å². The summed E-state index contributed by atoms with van der Waals surface area (Å²) in [6.45, 7) is 4.01. The summed E-state index contributed by atoms with van der Waals surface area (Å²) in [6.07, 6.45) is 1.77. The minimum atomic E-state index is -0.683. The molecule has 210 valence electrons. The summed E-state index contributed by atoms with van der Waals surface area (Å²) in [4.78, 5) is 48.0. The third-order valence-corrected chi connectivity index (χ3v) is 8.16. The maximum Gasteiger partial charge on any atom is 0.279 e. The lowest BCUT2D eigenvalue weighted by molar-refractivity contribution is -0.117. The van der Waals surface area contributed by atoms with Crippen LogP contribution in [0.5, 0.6) is 5.75 Å². The Hall–Kier alpha value is -4.08. The van der Waals surface area contributed by atoms with Gasteiger partial charge in [0.1, 0.15) is 23.3 Å². The van der Waals surface area contributed by atoms with E-state index in [0.29, 0.717) is 32.9 Å². The molecule has 11 heteroatoms. The van der Waals surface area contributed by atoms with Crippen molar-refractivity contribution >= 4 is 46.4 Å². The second-order valence-electron chi connectivity index (χ2n) is 10.5. The number of carbonyl (C=O) groups excluding carboxylic acids is 2. The van der Waals surface area contributed by atoms with E-state index < -0.39 is 11.9 Å². The second kappa shape index (κ2) is 9.78. The molecule has 1 unspecified atom stereocenters. The number of aromatic nitrogens is 3. The van der Waals surface area contributed by atoms with Crippen LogP contribution in [0, 0.1) is 0 Å². The normalized spacial score (nSPS) is 16.1. The molecule has 0 bridgehead atoms. The zero-order chi connectivity index (χ0) is 29.3. The fourth-order valence-electron chi connectivity index (χ4n) is 5.78. The molecular weight excluding hydrogens is 565 g/mol. The molecule has 2 aromatic carbocycles. The molecule has 0 fully saturated rings. The predicted octanol–water partition coefficient (Wildman–Crippen LogP) is 5.41. The summed E-state index contributed by atoms with van der Waals surface area (Å²) in [7, 11) is 4.90. The fourth-order valence-corrected chi connectivity index (χ4v) is 6.16. The van der Waals surface area contributed by atoms with E-state index in [-0.39, 0.29) is 35.3 Å². The summed E-state index contributed by atoms with van der Waals surface area (Å²) in [6, 6.07) is 11.6. The number of imidazole rings is 1. The number of anilines is 2. The van der Waals surface area contributed by atoms with Gasteiger partial charge in [-0.05, 0) is 49.2 Å². The fraction of sp³-hybridized carbons (Fsp3) is 0.267. The highest BCUT2D eigenvalue weighted by atomic mass is 35.5. The first-order chi connectivity index (χ1) is 19.5. The molecule has 0 saturated carbocycles. The number of hydrogen-bond acceptors (Lipinski definition) is 5. The maximum absolute atomic E-state index is 14.2. The van der Waals surface area contributed by atoms with Gasteiger partial charge in [-0.15, -0.1) is 0 Å². The molecule has 0 saturated heterocycles. The van der Waals surface area contributed by atoms with E-state index in [1.165, 1.54) is 21.7 Å². The van der Waals surface area contributed by atoms with Gasteiger partial charge in [0.05, 0.1) is 35.5 Å². The average Bonchev–Trinajstić information content (AvgIpc) is 3.55. The Morgan fingerprint density at radius 2 is 1.68 bits per heavy atom. The molecule has 0 N–H and O–H groups in total. The first-order valence-electron chi connectivity index (χ1n) is 13.1. The minimum Gasteiger partial charge on any atom is -0.496 e. The van der Waals surface area contributed by atoms with Gasteiger partial charge in [-0.2, -0.15) is 0 Å². The van der Waals surface area contributed by atoms with E-state index in [2.05, 4.69) is 0 Å². The number of pyridine rings is 1. The van der Waals surface area contributed by atoms with Crippen LogP contribution in [-0.2, 0) is 18.3 Å². The molecule has 4 heterocycles. The van der Waals surface area contributed by atoms with Gasteiger partial charge in [-0.25, -0.2) is 4.98 Å². The number of methoxy groups -OCH3 is 1. The van der Waals surface area contributed by atoms with Crippen molar-refractivity contribution in [3.63, 3.8) is 0 Å². The molecule has 0 radical (unpaired) electrons. The highest BCUT2D eigenvalue weighted by Crippen LogP contribution is 2.46. The number of hydrogen-bond donors (Lipinski definition) is 0. The maximum atomic E-state index is 14.2. The van der Waals surface area contributed by atoms with Crippen LogP contribution in [0.15, 0.2) is 53.5 Å². The Labute approximate surface area is 246 Å².